The van der Waals surface area contributed by atoms with Crippen molar-refractivity contribution in [3.63, 3.8) is 0 Å². The van der Waals surface area contributed by atoms with Crippen LogP contribution in [-0.2, 0) is 26.6 Å². The number of sulfonamides is 1. The number of benzene rings is 2. The van der Waals surface area contributed by atoms with Crippen molar-refractivity contribution in [1.29, 1.82) is 0 Å². The Balaban J connectivity index is 0.00000241. The Kier molecular flexibility index (Phi) is 9.38. The van der Waals surface area contributed by atoms with E-state index in [1.54, 1.807) is 24.3 Å². The van der Waals surface area contributed by atoms with E-state index in [2.05, 4.69) is 18.6 Å². The van der Waals surface area contributed by atoms with Gasteiger partial charge in [0.05, 0.1) is 4.90 Å². The second-order valence-corrected chi connectivity index (χ2v) is 12.2. The summed E-state index contributed by atoms with van der Waals surface area (Å²) in [5.74, 6) is 0.278. The second kappa shape index (κ2) is 11.7. The van der Waals surface area contributed by atoms with Gasteiger partial charge in [-0.3, -0.25) is 4.55 Å². The molecule has 2 aromatic carbocycles. The zero-order chi connectivity index (χ0) is 25.2. The molecule has 4 rings (SSSR count). The van der Waals surface area contributed by atoms with E-state index in [0.29, 0.717) is 24.8 Å². The molecule has 0 spiro atoms. The molecule has 0 fully saturated rings. The van der Waals surface area contributed by atoms with Crippen LogP contribution < -0.4 is 34.3 Å². The fourth-order valence-electron chi connectivity index (χ4n) is 4.27. The number of rotatable bonds is 9. The molecule has 0 atom stereocenters. The van der Waals surface area contributed by atoms with Gasteiger partial charge in [-0.1, -0.05) is 68.4 Å². The molecular weight excluding hydrogens is 505 g/mol. The van der Waals surface area contributed by atoms with Crippen LogP contribution in [0.5, 0.6) is 0 Å². The maximum Gasteiger partial charge on any atom is 1.00 e. The standard InChI is InChI=1S/C27H29NO5S2.Na.H/c1-19(2)20-11-14-25-23(18-27(35(31,32)33)26(25)15-12-20)9-5-6-16-28-34(29,30)24-13-10-21-7-3-4-8-22(21)17-24;;/h3-4,7-8,10-15,17-19,28H,5-6,9,16H2,1-2H3,(H,31,32,33);;/q;+1;-1. The van der Waals surface area contributed by atoms with Crippen molar-refractivity contribution in [2.45, 2.75) is 48.8 Å². The van der Waals surface area contributed by atoms with Crippen LogP contribution >= 0.6 is 0 Å². The molecule has 9 heteroatoms. The normalized spacial score (nSPS) is 12.2. The zero-order valence-electron chi connectivity index (χ0n) is 21.7. The van der Waals surface area contributed by atoms with Crippen molar-refractivity contribution in [3.05, 3.63) is 83.9 Å². The van der Waals surface area contributed by atoms with E-state index >= 15 is 0 Å². The quantitative estimate of drug-likeness (QED) is 0.195. The van der Waals surface area contributed by atoms with Crippen molar-refractivity contribution >= 4 is 30.9 Å². The molecule has 2 aromatic rings. The van der Waals surface area contributed by atoms with E-state index < -0.39 is 20.1 Å². The predicted molar refractivity (Wildman–Crippen MR) is 140 cm³/mol. The number of hydrogen-bond acceptors (Lipinski definition) is 4. The van der Waals surface area contributed by atoms with E-state index in [4.69, 9.17) is 0 Å². The number of unbranched alkanes of at least 4 members (excludes halogenated alkanes) is 1. The predicted octanol–water partition coefficient (Wildman–Crippen LogP) is 2.73. The Labute approximate surface area is 237 Å². The van der Waals surface area contributed by atoms with Gasteiger partial charge in [-0.2, -0.15) is 8.42 Å². The van der Waals surface area contributed by atoms with Gasteiger partial charge in [-0.15, -0.1) is 0 Å². The van der Waals surface area contributed by atoms with Crippen LogP contribution in [0.3, 0.4) is 0 Å². The molecule has 2 aliphatic carbocycles. The number of aryl methyl sites for hydroxylation is 1. The Hall–Kier alpha value is -1.78. The molecule has 186 valence electrons. The summed E-state index contributed by atoms with van der Waals surface area (Å²) >= 11 is 0. The molecular formula is C27H30NNaO5S2. The molecule has 0 heterocycles. The number of hydrogen-bond donors (Lipinski definition) is 2. The van der Waals surface area contributed by atoms with Crippen molar-refractivity contribution < 1.29 is 52.4 Å². The van der Waals surface area contributed by atoms with Gasteiger partial charge in [0.1, 0.15) is 4.90 Å². The first-order valence-corrected chi connectivity index (χ1v) is 14.5. The summed E-state index contributed by atoms with van der Waals surface area (Å²) in [5.41, 5.74) is 3.15. The monoisotopic (exact) mass is 535 g/mol. The summed E-state index contributed by atoms with van der Waals surface area (Å²) in [7, 11) is -8.00. The first-order chi connectivity index (χ1) is 16.6. The second-order valence-electron chi connectivity index (χ2n) is 9.02. The fraction of sp³-hybridized carbons (Fsp3) is 0.259. The first-order valence-electron chi connectivity index (χ1n) is 11.6. The van der Waals surface area contributed by atoms with Gasteiger partial charge in [-0.25, -0.2) is 13.1 Å². The van der Waals surface area contributed by atoms with Crippen LogP contribution in [0.2, 0.25) is 0 Å². The van der Waals surface area contributed by atoms with Crippen molar-refractivity contribution in [3.8, 4) is 11.1 Å². The Bertz CT molecular complexity index is 1560. The average molecular weight is 536 g/mol. The number of fused-ring (bicyclic) bond motifs is 2. The molecule has 0 saturated carbocycles. The summed E-state index contributed by atoms with van der Waals surface area (Å²) in [4.78, 5) is 0.134. The molecule has 0 saturated heterocycles. The fourth-order valence-corrected chi connectivity index (χ4v) is 6.13. The van der Waals surface area contributed by atoms with E-state index in [0.717, 1.165) is 27.5 Å². The molecule has 2 aliphatic rings. The van der Waals surface area contributed by atoms with E-state index in [1.165, 1.54) is 6.07 Å². The van der Waals surface area contributed by atoms with Crippen LogP contribution in [0.15, 0.2) is 82.6 Å². The molecule has 0 radical (unpaired) electrons. The van der Waals surface area contributed by atoms with Gasteiger partial charge in [0.2, 0.25) is 10.0 Å². The van der Waals surface area contributed by atoms with Gasteiger partial charge < -0.3 is 1.43 Å². The molecule has 0 aromatic heterocycles. The van der Waals surface area contributed by atoms with Crippen molar-refractivity contribution in [2.24, 2.45) is 0 Å². The SMILES string of the molecule is CC(C)c1ccc2c(CCCCNS(=O)(=O)c3ccc4ccccc4c3)cc(S(=O)(=O)O)c-2cc1.[H-].[Na+]. The molecule has 6 nitrogen and oxygen atoms in total. The minimum Gasteiger partial charge on any atom is -1.00 e. The van der Waals surface area contributed by atoms with Crippen molar-refractivity contribution in [2.75, 3.05) is 6.54 Å². The van der Waals surface area contributed by atoms with Gasteiger partial charge in [-0.05, 0) is 70.8 Å². The average Bonchev–Trinajstić information content (AvgIpc) is 3.01. The molecule has 0 amide bonds. The third-order valence-corrected chi connectivity index (χ3v) is 8.58. The molecule has 36 heavy (non-hydrogen) atoms. The van der Waals surface area contributed by atoms with E-state index in [1.807, 2.05) is 42.5 Å². The summed E-state index contributed by atoms with van der Waals surface area (Å²) in [5, 5.41) is 1.84. The summed E-state index contributed by atoms with van der Waals surface area (Å²) < 4.78 is 61.7. The summed E-state index contributed by atoms with van der Waals surface area (Å²) in [6.07, 6.45) is 1.79. The topological polar surface area (TPSA) is 101 Å². The molecule has 0 aliphatic heterocycles. The van der Waals surface area contributed by atoms with Gasteiger partial charge in [0.25, 0.3) is 10.1 Å². The van der Waals surface area contributed by atoms with Crippen LogP contribution in [0, 0.1) is 0 Å². The van der Waals surface area contributed by atoms with Gasteiger partial charge in [0.15, 0.2) is 0 Å². The van der Waals surface area contributed by atoms with Gasteiger partial charge in [0, 0.05) is 12.1 Å². The van der Waals surface area contributed by atoms with Gasteiger partial charge >= 0.3 is 29.6 Å². The Morgan fingerprint density at radius 3 is 2.17 bits per heavy atom. The summed E-state index contributed by atoms with van der Waals surface area (Å²) in [6, 6.07) is 21.7. The zero-order valence-corrected chi connectivity index (χ0v) is 24.4. The maximum atomic E-state index is 12.7. The maximum absolute atomic E-state index is 12.7. The first kappa shape index (κ1) is 28.8. The van der Waals surface area contributed by atoms with E-state index in [9.17, 15) is 21.4 Å². The minimum absolute atomic E-state index is 0. The summed E-state index contributed by atoms with van der Waals surface area (Å²) in [6.45, 7) is 4.39. The largest absolute Gasteiger partial charge is 1.00 e. The van der Waals surface area contributed by atoms with Crippen LogP contribution in [-0.4, -0.2) is 27.9 Å². The van der Waals surface area contributed by atoms with Crippen LogP contribution in [0.4, 0.5) is 0 Å². The van der Waals surface area contributed by atoms with Crippen LogP contribution in [0.25, 0.3) is 21.9 Å². The Morgan fingerprint density at radius 2 is 1.50 bits per heavy atom. The molecule has 0 unspecified atom stereocenters. The third-order valence-electron chi connectivity index (χ3n) is 6.23. The Morgan fingerprint density at radius 1 is 0.833 bits per heavy atom. The number of nitrogens with one attached hydrogen (secondary N) is 1. The molecule has 0 bridgehead atoms. The van der Waals surface area contributed by atoms with Crippen LogP contribution in [0.1, 0.15) is 45.2 Å². The molecule has 2 N–H and O–H groups in total. The minimum atomic E-state index is -4.36. The third kappa shape index (κ3) is 6.55. The van der Waals surface area contributed by atoms with E-state index in [-0.39, 0.29) is 53.2 Å². The van der Waals surface area contributed by atoms with Crippen molar-refractivity contribution in [1.82, 2.24) is 4.72 Å². The smallest absolute Gasteiger partial charge is 1.00 e.